The van der Waals surface area contributed by atoms with Crippen molar-refractivity contribution in [2.75, 3.05) is 5.32 Å². The van der Waals surface area contributed by atoms with Crippen LogP contribution in [0, 0.1) is 0 Å². The number of rotatable bonds is 2. The number of nitrogens with zero attached hydrogens (tertiary/aromatic N) is 2. The van der Waals surface area contributed by atoms with Crippen molar-refractivity contribution < 1.29 is 4.79 Å². The maximum absolute atomic E-state index is 12.7. The molecule has 2 aromatic heterocycles. The summed E-state index contributed by atoms with van der Waals surface area (Å²) < 4.78 is 0. The van der Waals surface area contributed by atoms with Crippen LogP contribution in [-0.2, 0) is 0 Å². The Morgan fingerprint density at radius 2 is 1.61 bits per heavy atom. The molecule has 0 radical (unpaired) electrons. The number of hydrogen-bond acceptors (Lipinski definition) is 3. The molecule has 4 aromatic rings. The minimum atomic E-state index is -0.236. The van der Waals surface area contributed by atoms with Gasteiger partial charge in [0, 0.05) is 23.2 Å². The Morgan fingerprint density at radius 3 is 2.57 bits per heavy atom. The number of benzene rings is 2. The summed E-state index contributed by atoms with van der Waals surface area (Å²) in [6.45, 7) is 0. The highest BCUT2D eigenvalue weighted by atomic mass is 16.1. The first-order valence-electron chi connectivity index (χ1n) is 7.32. The molecule has 4 nitrogen and oxygen atoms in total. The summed E-state index contributed by atoms with van der Waals surface area (Å²) in [4.78, 5) is 21.3. The highest BCUT2D eigenvalue weighted by Crippen LogP contribution is 2.22. The minimum Gasteiger partial charge on any atom is -0.319 e. The summed E-state index contributed by atoms with van der Waals surface area (Å²) in [5, 5.41) is 5.74. The molecule has 110 valence electrons. The van der Waals surface area contributed by atoms with Gasteiger partial charge in [0.25, 0.3) is 5.91 Å². The molecule has 0 atom stereocenters. The first kappa shape index (κ1) is 13.4. The molecular formula is C19H13N3O. The smallest absolute Gasteiger partial charge is 0.274 e. The van der Waals surface area contributed by atoms with E-state index in [-0.39, 0.29) is 5.91 Å². The van der Waals surface area contributed by atoms with Crippen molar-refractivity contribution in [3.05, 3.63) is 78.8 Å². The topological polar surface area (TPSA) is 54.9 Å². The van der Waals surface area contributed by atoms with Crippen molar-refractivity contribution in [2.45, 2.75) is 0 Å². The Balaban J connectivity index is 1.77. The van der Waals surface area contributed by atoms with E-state index in [1.807, 2.05) is 60.7 Å². The van der Waals surface area contributed by atoms with E-state index in [2.05, 4.69) is 15.3 Å². The van der Waals surface area contributed by atoms with Crippen LogP contribution in [0.5, 0.6) is 0 Å². The Hall–Kier alpha value is -3.27. The molecule has 0 unspecified atom stereocenters. The fourth-order valence-electron chi connectivity index (χ4n) is 2.69. The van der Waals surface area contributed by atoms with E-state index in [0.29, 0.717) is 11.4 Å². The number of fused-ring (bicyclic) bond motifs is 2. The van der Waals surface area contributed by atoms with Gasteiger partial charge < -0.3 is 5.32 Å². The normalized spacial score (nSPS) is 10.8. The molecule has 0 fully saturated rings. The van der Waals surface area contributed by atoms with E-state index in [0.717, 1.165) is 21.7 Å². The van der Waals surface area contributed by atoms with Crippen LogP contribution in [0.25, 0.3) is 21.7 Å². The molecule has 2 aromatic carbocycles. The van der Waals surface area contributed by atoms with Gasteiger partial charge in [0.1, 0.15) is 5.69 Å². The molecule has 0 bridgehead atoms. The van der Waals surface area contributed by atoms with E-state index < -0.39 is 0 Å². The first-order valence-corrected chi connectivity index (χ1v) is 7.32. The molecular weight excluding hydrogens is 286 g/mol. The molecule has 1 amide bonds. The molecule has 23 heavy (non-hydrogen) atoms. The molecule has 4 heteroatoms. The molecule has 0 aliphatic carbocycles. The van der Waals surface area contributed by atoms with E-state index in [1.54, 1.807) is 12.4 Å². The molecule has 2 heterocycles. The predicted molar refractivity (Wildman–Crippen MR) is 91.4 cm³/mol. The second-order valence-corrected chi connectivity index (χ2v) is 5.22. The number of amides is 1. The van der Waals surface area contributed by atoms with E-state index in [1.165, 1.54) is 0 Å². The van der Waals surface area contributed by atoms with Crippen LogP contribution >= 0.6 is 0 Å². The standard InChI is InChI=1S/C19H13N3O/c23-19(18-15-8-2-1-5-13(15)10-12-21-18)22-16-9-3-6-14-7-4-11-20-17(14)16/h1-12H,(H,22,23). The van der Waals surface area contributed by atoms with Crippen molar-refractivity contribution in [1.82, 2.24) is 9.97 Å². The van der Waals surface area contributed by atoms with Gasteiger partial charge in [-0.3, -0.25) is 14.8 Å². The number of aromatic nitrogens is 2. The SMILES string of the molecule is O=C(Nc1cccc2cccnc12)c1nccc2ccccc12. The van der Waals surface area contributed by atoms with Gasteiger partial charge >= 0.3 is 0 Å². The molecule has 0 spiro atoms. The lowest BCUT2D eigenvalue weighted by atomic mass is 10.1. The maximum atomic E-state index is 12.7. The number of nitrogens with one attached hydrogen (secondary N) is 1. The Labute approximate surface area is 132 Å². The predicted octanol–water partition coefficient (Wildman–Crippen LogP) is 4.04. The molecule has 1 N–H and O–H groups in total. The summed E-state index contributed by atoms with van der Waals surface area (Å²) in [5.41, 5.74) is 1.86. The van der Waals surface area contributed by atoms with E-state index >= 15 is 0 Å². The highest BCUT2D eigenvalue weighted by Gasteiger charge is 2.13. The number of anilines is 1. The van der Waals surface area contributed by atoms with Crippen LogP contribution in [0.4, 0.5) is 5.69 Å². The van der Waals surface area contributed by atoms with E-state index in [9.17, 15) is 4.79 Å². The van der Waals surface area contributed by atoms with Crippen LogP contribution in [0.15, 0.2) is 73.1 Å². The third-order valence-electron chi connectivity index (χ3n) is 3.77. The first-order chi connectivity index (χ1) is 11.3. The van der Waals surface area contributed by atoms with Crippen LogP contribution in [-0.4, -0.2) is 15.9 Å². The van der Waals surface area contributed by atoms with Gasteiger partial charge in [0.2, 0.25) is 0 Å². The van der Waals surface area contributed by atoms with Gasteiger partial charge in [0.15, 0.2) is 0 Å². The summed E-state index contributed by atoms with van der Waals surface area (Å²) in [6.07, 6.45) is 3.37. The average Bonchev–Trinajstić information content (AvgIpc) is 2.61. The van der Waals surface area contributed by atoms with Gasteiger partial charge in [-0.2, -0.15) is 0 Å². The van der Waals surface area contributed by atoms with Crippen LogP contribution in [0.1, 0.15) is 10.5 Å². The monoisotopic (exact) mass is 299 g/mol. The molecule has 0 aliphatic rings. The van der Waals surface area contributed by atoms with Crippen molar-refractivity contribution in [3.8, 4) is 0 Å². The Bertz CT molecular complexity index is 1020. The largest absolute Gasteiger partial charge is 0.319 e. The van der Waals surface area contributed by atoms with Crippen molar-refractivity contribution >= 4 is 33.3 Å². The summed E-state index contributed by atoms with van der Waals surface area (Å²) >= 11 is 0. The van der Waals surface area contributed by atoms with Crippen molar-refractivity contribution in [3.63, 3.8) is 0 Å². The Morgan fingerprint density at radius 1 is 0.783 bits per heavy atom. The van der Waals surface area contributed by atoms with Gasteiger partial charge in [0.05, 0.1) is 11.2 Å². The van der Waals surface area contributed by atoms with Crippen LogP contribution in [0.2, 0.25) is 0 Å². The minimum absolute atomic E-state index is 0.236. The lowest BCUT2D eigenvalue weighted by Crippen LogP contribution is -2.14. The zero-order valence-corrected chi connectivity index (χ0v) is 12.2. The quantitative estimate of drug-likeness (QED) is 0.608. The summed E-state index contributed by atoms with van der Waals surface area (Å²) in [7, 11) is 0. The average molecular weight is 299 g/mol. The van der Waals surface area contributed by atoms with Crippen molar-refractivity contribution in [1.29, 1.82) is 0 Å². The van der Waals surface area contributed by atoms with Gasteiger partial charge in [-0.1, -0.05) is 42.5 Å². The zero-order chi connectivity index (χ0) is 15.6. The second kappa shape index (κ2) is 5.50. The number of hydrogen-bond donors (Lipinski definition) is 1. The van der Waals surface area contributed by atoms with Crippen LogP contribution in [0.3, 0.4) is 0 Å². The molecule has 4 rings (SSSR count). The second-order valence-electron chi connectivity index (χ2n) is 5.22. The summed E-state index contributed by atoms with van der Waals surface area (Å²) in [5.74, 6) is -0.236. The highest BCUT2D eigenvalue weighted by molar-refractivity contribution is 6.13. The number of pyridine rings is 2. The maximum Gasteiger partial charge on any atom is 0.274 e. The van der Waals surface area contributed by atoms with Gasteiger partial charge in [-0.25, -0.2) is 0 Å². The third kappa shape index (κ3) is 2.40. The molecule has 0 saturated carbocycles. The molecule has 0 saturated heterocycles. The fourth-order valence-corrected chi connectivity index (χ4v) is 2.69. The third-order valence-corrected chi connectivity index (χ3v) is 3.77. The van der Waals surface area contributed by atoms with Crippen molar-refractivity contribution in [2.24, 2.45) is 0 Å². The number of para-hydroxylation sites is 1. The lowest BCUT2D eigenvalue weighted by molar-refractivity contribution is 0.102. The number of carbonyl (C=O) groups is 1. The fraction of sp³-hybridized carbons (Fsp3) is 0. The Kier molecular flexibility index (Phi) is 3.20. The lowest BCUT2D eigenvalue weighted by Gasteiger charge is -2.09. The van der Waals surface area contributed by atoms with Gasteiger partial charge in [-0.15, -0.1) is 0 Å². The summed E-state index contributed by atoms with van der Waals surface area (Å²) in [6, 6.07) is 19.2. The van der Waals surface area contributed by atoms with E-state index in [4.69, 9.17) is 0 Å². The number of carbonyl (C=O) groups excluding carboxylic acids is 1. The zero-order valence-electron chi connectivity index (χ0n) is 12.2. The van der Waals surface area contributed by atoms with Crippen LogP contribution < -0.4 is 5.32 Å². The van der Waals surface area contributed by atoms with Gasteiger partial charge in [-0.05, 0) is 23.6 Å². The molecule has 0 aliphatic heterocycles.